The Hall–Kier alpha value is -2.57. The first-order valence-electron chi connectivity index (χ1n) is 9.71. The van der Waals surface area contributed by atoms with Gasteiger partial charge in [0.2, 0.25) is 0 Å². The van der Waals surface area contributed by atoms with E-state index in [1.54, 1.807) is 27.7 Å². The molecule has 0 rings (SSSR count). The normalized spacial score (nSPS) is 12.9. The van der Waals surface area contributed by atoms with Gasteiger partial charge in [-0.2, -0.15) is 0 Å². The highest BCUT2D eigenvalue weighted by Crippen LogP contribution is 2.15. The van der Waals surface area contributed by atoms with Gasteiger partial charge < -0.3 is 20.4 Å². The van der Waals surface area contributed by atoms with E-state index in [2.05, 4.69) is 0 Å². The smallest absolute Gasteiger partial charge is 0.317 e. The van der Waals surface area contributed by atoms with Crippen molar-refractivity contribution in [2.45, 2.75) is 33.7 Å². The number of Topliss-reactive ketones (excluding diaryl/α,β-unsaturated/α-hetero) is 1. The van der Waals surface area contributed by atoms with Crippen molar-refractivity contribution in [3.8, 4) is 0 Å². The van der Waals surface area contributed by atoms with Crippen LogP contribution in [0, 0.1) is 5.41 Å². The molecule has 0 radical (unpaired) electrons. The predicted molar refractivity (Wildman–Crippen MR) is 109 cm³/mol. The molecule has 1 unspecified atom stereocenters. The average molecular weight is 447 g/mol. The molecule has 0 amide bonds. The number of carboxylic acids is 4. The third kappa shape index (κ3) is 13.4. The van der Waals surface area contributed by atoms with Crippen LogP contribution in [0.25, 0.3) is 0 Å². The molecule has 0 aliphatic carbocycles. The van der Waals surface area contributed by atoms with E-state index in [0.29, 0.717) is 0 Å². The Balaban J connectivity index is 5.27. The fraction of sp³-hybridized carbons (Fsp3) is 0.737. The quantitative estimate of drug-likeness (QED) is 0.233. The second-order valence-electron chi connectivity index (χ2n) is 8.45. The molecule has 178 valence electrons. The molecule has 31 heavy (non-hydrogen) atoms. The number of carbonyl (C=O) groups is 5. The molecule has 0 aliphatic rings. The summed E-state index contributed by atoms with van der Waals surface area (Å²) in [6.07, 6.45) is 0. The maximum Gasteiger partial charge on any atom is 0.317 e. The van der Waals surface area contributed by atoms with Crippen molar-refractivity contribution in [3.63, 3.8) is 0 Å². The highest BCUT2D eigenvalue weighted by Gasteiger charge is 2.26. The molecule has 0 bridgehead atoms. The fourth-order valence-corrected chi connectivity index (χ4v) is 2.76. The number of carbonyl (C=O) groups excluding carboxylic acids is 1. The molecule has 0 saturated carbocycles. The highest BCUT2D eigenvalue weighted by molar-refractivity contribution is 5.86. The second-order valence-corrected chi connectivity index (χ2v) is 8.45. The van der Waals surface area contributed by atoms with E-state index in [-0.39, 0.29) is 32.0 Å². The van der Waals surface area contributed by atoms with E-state index in [1.165, 1.54) is 14.7 Å². The zero-order valence-electron chi connectivity index (χ0n) is 18.4. The molecule has 0 spiro atoms. The van der Waals surface area contributed by atoms with Crippen LogP contribution in [0.5, 0.6) is 0 Å². The summed E-state index contributed by atoms with van der Waals surface area (Å²) < 4.78 is 0. The molecule has 12 nitrogen and oxygen atoms in total. The minimum Gasteiger partial charge on any atom is -0.480 e. The van der Waals surface area contributed by atoms with Crippen molar-refractivity contribution in [2.24, 2.45) is 5.41 Å². The lowest BCUT2D eigenvalue weighted by molar-refractivity contribution is -0.144. The molecule has 0 aromatic rings. The number of ketones is 1. The van der Waals surface area contributed by atoms with Gasteiger partial charge in [0.25, 0.3) is 0 Å². The number of hydrogen-bond acceptors (Lipinski definition) is 8. The van der Waals surface area contributed by atoms with Crippen LogP contribution in [0.15, 0.2) is 0 Å². The van der Waals surface area contributed by atoms with Crippen molar-refractivity contribution in [3.05, 3.63) is 0 Å². The number of carboxylic acid groups (broad SMARTS) is 4. The van der Waals surface area contributed by atoms with Gasteiger partial charge in [-0.25, -0.2) is 0 Å². The van der Waals surface area contributed by atoms with Crippen molar-refractivity contribution < 1.29 is 44.4 Å². The third-order valence-electron chi connectivity index (χ3n) is 4.48. The van der Waals surface area contributed by atoms with Crippen LogP contribution < -0.4 is 0 Å². The Morgan fingerprint density at radius 1 is 0.677 bits per heavy atom. The molecule has 4 N–H and O–H groups in total. The van der Waals surface area contributed by atoms with Gasteiger partial charge in [0.15, 0.2) is 5.78 Å². The topological polar surface area (TPSA) is 176 Å². The summed E-state index contributed by atoms with van der Waals surface area (Å²) in [4.78, 5) is 60.8. The van der Waals surface area contributed by atoms with E-state index in [1.807, 2.05) is 0 Å². The van der Waals surface area contributed by atoms with Crippen molar-refractivity contribution in [1.29, 1.82) is 0 Å². The molecule has 0 saturated heterocycles. The van der Waals surface area contributed by atoms with E-state index in [9.17, 15) is 29.1 Å². The lowest BCUT2D eigenvalue weighted by Crippen LogP contribution is -2.49. The highest BCUT2D eigenvalue weighted by atomic mass is 16.4. The van der Waals surface area contributed by atoms with Crippen LogP contribution in [0.3, 0.4) is 0 Å². The summed E-state index contributed by atoms with van der Waals surface area (Å²) >= 11 is 0. The first-order valence-corrected chi connectivity index (χ1v) is 9.71. The van der Waals surface area contributed by atoms with E-state index >= 15 is 0 Å². The molecule has 0 aliphatic heterocycles. The van der Waals surface area contributed by atoms with Gasteiger partial charge in [0.1, 0.15) is 0 Å². The SMILES string of the molecule is CC(CN(CCN(CC(=O)O)CC(=O)C(C)(C)C)CC(=O)O)N(CC(=O)O)CC(=O)O. The lowest BCUT2D eigenvalue weighted by atomic mass is 9.90. The Labute approximate surface area is 181 Å². The van der Waals surface area contributed by atoms with Gasteiger partial charge in [0, 0.05) is 31.1 Å². The third-order valence-corrected chi connectivity index (χ3v) is 4.48. The first-order chi connectivity index (χ1) is 14.1. The molecule has 0 aromatic heterocycles. The van der Waals surface area contributed by atoms with Gasteiger partial charge in [-0.15, -0.1) is 0 Å². The number of rotatable bonds is 16. The maximum absolute atomic E-state index is 12.3. The first kappa shape index (κ1) is 28.4. The predicted octanol–water partition coefficient (Wildman–Crippen LogP) is -0.765. The fourth-order valence-electron chi connectivity index (χ4n) is 2.76. The average Bonchev–Trinajstić information content (AvgIpc) is 2.56. The summed E-state index contributed by atoms with van der Waals surface area (Å²) in [5.41, 5.74) is -0.666. The molecular weight excluding hydrogens is 414 g/mol. The molecule has 12 heteroatoms. The lowest BCUT2D eigenvalue weighted by Gasteiger charge is -2.32. The summed E-state index contributed by atoms with van der Waals surface area (Å²) in [5, 5.41) is 36.3. The Morgan fingerprint density at radius 3 is 1.45 bits per heavy atom. The standard InChI is InChI=1S/C19H33N3O9/c1-13(22(11-17(28)29)12-18(30)31)7-20(9-15(24)25)5-6-21(10-16(26)27)8-14(23)19(2,3)4/h13H,5-12H2,1-4H3,(H,24,25)(H,26,27)(H,28,29)(H,30,31). The van der Waals surface area contributed by atoms with Gasteiger partial charge in [-0.05, 0) is 6.92 Å². The van der Waals surface area contributed by atoms with Gasteiger partial charge in [0.05, 0.1) is 32.7 Å². The minimum absolute atomic E-state index is 0.0426. The summed E-state index contributed by atoms with van der Waals surface area (Å²) in [6.45, 7) is 4.97. The maximum atomic E-state index is 12.3. The largest absolute Gasteiger partial charge is 0.480 e. The van der Waals surface area contributed by atoms with E-state index < -0.39 is 61.5 Å². The van der Waals surface area contributed by atoms with Gasteiger partial charge >= 0.3 is 23.9 Å². The zero-order chi connectivity index (χ0) is 24.4. The van der Waals surface area contributed by atoms with Crippen molar-refractivity contribution in [2.75, 3.05) is 52.4 Å². The van der Waals surface area contributed by atoms with Crippen LogP contribution in [0.2, 0.25) is 0 Å². The molecule has 1 atom stereocenters. The Morgan fingerprint density at radius 2 is 1.06 bits per heavy atom. The van der Waals surface area contributed by atoms with Crippen molar-refractivity contribution in [1.82, 2.24) is 14.7 Å². The molecular formula is C19H33N3O9. The molecule has 0 heterocycles. The van der Waals surface area contributed by atoms with Crippen LogP contribution in [0.1, 0.15) is 27.7 Å². The second kappa shape index (κ2) is 13.0. The molecule has 0 fully saturated rings. The summed E-state index contributed by atoms with van der Waals surface area (Å²) in [7, 11) is 0. The number of aliphatic carboxylic acids is 4. The minimum atomic E-state index is -1.22. The Bertz CT molecular complexity index is 644. The summed E-state index contributed by atoms with van der Waals surface area (Å²) in [6, 6.07) is -0.601. The van der Waals surface area contributed by atoms with Gasteiger partial charge in [-0.3, -0.25) is 38.7 Å². The summed E-state index contributed by atoms with van der Waals surface area (Å²) in [5.74, 6) is -4.88. The van der Waals surface area contributed by atoms with E-state index in [4.69, 9.17) is 15.3 Å². The zero-order valence-corrected chi connectivity index (χ0v) is 18.4. The van der Waals surface area contributed by atoms with Gasteiger partial charge in [-0.1, -0.05) is 20.8 Å². The van der Waals surface area contributed by atoms with Crippen molar-refractivity contribution >= 4 is 29.7 Å². The van der Waals surface area contributed by atoms with Crippen LogP contribution >= 0.6 is 0 Å². The Kier molecular flexibility index (Phi) is 11.9. The molecule has 0 aromatic carbocycles. The number of hydrogen-bond donors (Lipinski definition) is 4. The number of nitrogens with zero attached hydrogens (tertiary/aromatic N) is 3. The van der Waals surface area contributed by atoms with Crippen LogP contribution in [-0.4, -0.2) is 123 Å². The monoisotopic (exact) mass is 447 g/mol. The van der Waals surface area contributed by atoms with Crippen LogP contribution in [-0.2, 0) is 24.0 Å². The van der Waals surface area contributed by atoms with E-state index in [0.717, 1.165) is 0 Å². The van der Waals surface area contributed by atoms with Crippen LogP contribution in [0.4, 0.5) is 0 Å².